The highest BCUT2D eigenvalue weighted by Crippen LogP contribution is 2.23. The number of amides is 14. The number of para-hydroxylation sites is 1. The smallest absolute Gasteiger partial charge is 0.245 e. The molecule has 0 bridgehead atoms. The Labute approximate surface area is 683 Å². The highest BCUT2D eigenvalue weighted by molar-refractivity contribution is 8.00. The van der Waals surface area contributed by atoms with Gasteiger partial charge in [0.2, 0.25) is 82.7 Å². The number of unbranched alkanes of at least 4 members (excludes halogenated alkanes) is 1. The number of aliphatic hydroxyl groups is 1. The first kappa shape index (κ1) is 92.3. The summed E-state index contributed by atoms with van der Waals surface area (Å²) in [7, 11) is 1.32. The highest BCUT2D eigenvalue weighted by atomic mass is 32.2. The molecule has 0 saturated carbocycles. The van der Waals surface area contributed by atoms with Crippen molar-refractivity contribution in [1.29, 1.82) is 0 Å². The SMILES string of the molecule is CC(C)C[C@@H]1NC(=O)[C@H](Cc2ccc(O)cc2)NC(=O)[C@H](Cc2ccccc2)NC(=O)CSC[C@@H](C(=O)NCC(N)=O)NC(=O)[C@H](CC(C)C)NC(=O)[C@H](Cc2ccccc2)N(C)C(=O)[C@H](Cc2ccc(O)cc2)NC(=O)[C@H](Cc2c[nH]c3ccccc23)NC(=O)CNC(=O)[C@H](CO)NC(=O)[C@H](CCCCN)NC(=O)[C@H](C(C)C)NC1=O. The number of hydrogen-bond donors (Lipinski definition) is 18. The molecule has 0 radical (unpaired) electrons. The second-order valence-electron chi connectivity index (χ2n) is 30.2. The lowest BCUT2D eigenvalue weighted by Gasteiger charge is -2.33. The second kappa shape index (κ2) is 46.0. The fourth-order valence-electron chi connectivity index (χ4n) is 13.1. The Morgan fingerprint density at radius 3 is 1.51 bits per heavy atom. The maximum atomic E-state index is 15.6. The Morgan fingerprint density at radius 2 is 0.957 bits per heavy atom. The van der Waals surface area contributed by atoms with Gasteiger partial charge in [-0.2, -0.15) is 0 Å². The molecule has 2 heterocycles. The van der Waals surface area contributed by atoms with Crippen LogP contribution in [0.25, 0.3) is 10.9 Å². The number of aromatic hydroxyl groups is 2. The number of H-pyrrole nitrogens is 1. The maximum Gasteiger partial charge on any atom is 0.245 e. The van der Waals surface area contributed by atoms with E-state index in [1.807, 2.05) is 0 Å². The summed E-state index contributed by atoms with van der Waals surface area (Å²) >= 11 is 0.834. The Morgan fingerprint density at radius 1 is 0.496 bits per heavy atom. The fraction of sp³-hybridized carbons (Fsp3) is 0.446. The van der Waals surface area contributed by atoms with Crippen molar-refractivity contribution in [2.75, 3.05) is 44.8 Å². The minimum Gasteiger partial charge on any atom is -0.508 e. The zero-order valence-electron chi connectivity index (χ0n) is 66.7. The first-order valence-corrected chi connectivity index (χ1v) is 40.1. The van der Waals surface area contributed by atoms with Gasteiger partial charge in [0.15, 0.2) is 0 Å². The molecule has 1 aliphatic rings. The minimum absolute atomic E-state index is 0.0169. The van der Waals surface area contributed by atoms with Gasteiger partial charge in [-0.3, -0.25) is 67.1 Å². The first-order valence-electron chi connectivity index (χ1n) is 39.0. The lowest BCUT2D eigenvalue weighted by molar-refractivity contribution is -0.143. The summed E-state index contributed by atoms with van der Waals surface area (Å²) in [5.41, 5.74) is 14.5. The molecule has 14 amide bonds. The number of aromatic amines is 1. The zero-order chi connectivity index (χ0) is 85.4. The van der Waals surface area contributed by atoms with Crippen molar-refractivity contribution in [2.24, 2.45) is 29.2 Å². The van der Waals surface area contributed by atoms with Crippen molar-refractivity contribution in [3.8, 4) is 11.5 Å². The minimum atomic E-state index is -1.76. The Hall–Kier alpha value is -11.9. The molecule has 20 N–H and O–H groups in total. The molecule has 1 fully saturated rings. The van der Waals surface area contributed by atoms with Gasteiger partial charge < -0.3 is 100 Å². The standard InChI is InChI=1S/C83H110N16O17S/c1-47(2)34-60-76(109)97-67(74(107)87-42-69(85)103)45-117-46-71(105)90-62(36-50-18-10-8-11-19-50)77(110)93-63(37-52-25-29-55(101)30-26-52)78(111)92-61(35-48(3)4)80(113)98-72(49(5)6)82(115)91-59(24-16-17-33-84)75(108)96-66(44-100)73(106)88-43-70(104)89-64(40-54-41-86-58-23-15-14-22-57(54)58)79(112)95-65(38-53-27-31-56(102)32-28-53)83(116)99(7)68(81(114)94-60)39-51-20-12-9-13-21-51/h8-15,18-23,25-32,41,47-49,59-68,72,86,100-102H,16-17,24,33-40,42-46,84H2,1-7H3,(H2,85,103)(H,87,107)(H,88,106)(H,89,104)(H,90,105)(H,91,115)(H,92,111)(H,93,110)(H,94,114)(H,95,112)(H,96,108)(H,97,109)(H,98,113)/t59-,60-,61-,62-,63-,64-,65-,66-,67-,68-,72-/m0/s1. The molecule has 11 atom stereocenters. The number of hydrogen-bond acceptors (Lipinski definition) is 19. The van der Waals surface area contributed by atoms with Crippen LogP contribution in [0, 0.1) is 17.8 Å². The van der Waals surface area contributed by atoms with Crippen molar-refractivity contribution in [2.45, 2.75) is 172 Å². The molecule has 0 unspecified atom stereocenters. The number of rotatable bonds is 23. The van der Waals surface area contributed by atoms with Gasteiger partial charge in [0.25, 0.3) is 0 Å². The van der Waals surface area contributed by atoms with E-state index < -0.39 is 181 Å². The molecular formula is C83H110N16O17S. The van der Waals surface area contributed by atoms with Crippen LogP contribution in [0.2, 0.25) is 0 Å². The maximum absolute atomic E-state index is 15.6. The van der Waals surface area contributed by atoms with Gasteiger partial charge in [0.05, 0.1) is 25.4 Å². The molecule has 630 valence electrons. The average Bonchev–Trinajstić information content (AvgIpc) is 1.76. The number of nitrogens with zero attached hydrogens (tertiary/aromatic N) is 1. The van der Waals surface area contributed by atoms with E-state index in [0.717, 1.165) is 16.7 Å². The van der Waals surface area contributed by atoms with Crippen LogP contribution in [0.1, 0.15) is 101 Å². The summed E-state index contributed by atoms with van der Waals surface area (Å²) in [6, 6.07) is 19.2. The number of likely N-dealkylation sites (N-methyl/N-ethyl adjacent to an activating group) is 1. The molecular weight excluding hydrogens is 1530 g/mol. The number of fused-ring (bicyclic) bond motifs is 1. The average molecular weight is 1640 g/mol. The second-order valence-corrected chi connectivity index (χ2v) is 31.2. The number of nitrogens with two attached hydrogens (primary N) is 2. The summed E-state index contributed by atoms with van der Waals surface area (Å²) < 4.78 is 0. The van der Waals surface area contributed by atoms with Gasteiger partial charge in [0.1, 0.15) is 78.0 Å². The molecule has 1 aliphatic heterocycles. The van der Waals surface area contributed by atoms with Crippen molar-refractivity contribution in [3.05, 3.63) is 167 Å². The van der Waals surface area contributed by atoms with E-state index in [-0.39, 0.29) is 93.4 Å². The lowest BCUT2D eigenvalue weighted by Crippen LogP contribution is -2.61. The zero-order valence-corrected chi connectivity index (χ0v) is 67.6. The van der Waals surface area contributed by atoms with Crippen LogP contribution in [0.15, 0.2) is 140 Å². The van der Waals surface area contributed by atoms with E-state index in [2.05, 4.69) is 68.8 Å². The van der Waals surface area contributed by atoms with Gasteiger partial charge in [-0.1, -0.05) is 145 Å². The number of aromatic nitrogens is 1. The quantitative estimate of drug-likeness (QED) is 0.0378. The normalized spacial score (nSPS) is 22.4. The lowest BCUT2D eigenvalue weighted by atomic mass is 9.98. The van der Waals surface area contributed by atoms with Crippen molar-refractivity contribution in [1.82, 2.24) is 73.7 Å². The molecule has 33 nitrogen and oxygen atoms in total. The largest absolute Gasteiger partial charge is 0.508 e. The number of aliphatic hydroxyl groups excluding tert-OH is 1. The number of benzene rings is 5. The number of carbonyl (C=O) groups excluding carboxylic acids is 14. The van der Waals surface area contributed by atoms with E-state index in [9.17, 15) is 68.1 Å². The molecule has 0 aliphatic carbocycles. The van der Waals surface area contributed by atoms with Crippen LogP contribution in [0.3, 0.4) is 0 Å². The van der Waals surface area contributed by atoms with Gasteiger partial charge in [-0.05, 0) is 115 Å². The van der Waals surface area contributed by atoms with Gasteiger partial charge in [-0.15, -0.1) is 11.8 Å². The van der Waals surface area contributed by atoms with E-state index >= 15 is 14.4 Å². The van der Waals surface area contributed by atoms with E-state index in [1.54, 1.807) is 133 Å². The number of nitrogens with one attached hydrogen (secondary N) is 13. The number of thioether (sulfide) groups is 1. The van der Waals surface area contributed by atoms with Gasteiger partial charge in [0, 0.05) is 62.0 Å². The van der Waals surface area contributed by atoms with Crippen molar-refractivity contribution in [3.63, 3.8) is 0 Å². The number of carbonyl (C=O) groups is 14. The first-order chi connectivity index (χ1) is 55.8. The third kappa shape index (κ3) is 29.7. The van der Waals surface area contributed by atoms with Crippen LogP contribution in [-0.4, -0.2) is 219 Å². The number of phenols is 2. The van der Waals surface area contributed by atoms with E-state index in [4.69, 9.17) is 11.5 Å². The third-order valence-corrected chi connectivity index (χ3v) is 20.4. The summed E-state index contributed by atoms with van der Waals surface area (Å²) in [6.07, 6.45) is 1.06. The summed E-state index contributed by atoms with van der Waals surface area (Å²) in [6.45, 7) is 7.94. The Bertz CT molecular complexity index is 4380. The van der Waals surface area contributed by atoms with Gasteiger partial charge in [-0.25, -0.2) is 0 Å². The molecule has 34 heteroatoms. The highest BCUT2D eigenvalue weighted by Gasteiger charge is 2.40. The van der Waals surface area contributed by atoms with Crippen LogP contribution in [-0.2, 0) is 99.2 Å². The summed E-state index contributed by atoms with van der Waals surface area (Å²) in [5.74, 6) is -15.0. The molecule has 117 heavy (non-hydrogen) atoms. The molecule has 0 spiro atoms. The molecule has 6 aromatic rings. The van der Waals surface area contributed by atoms with Crippen molar-refractivity contribution >= 4 is 105 Å². The Balaban J connectivity index is 1.30. The van der Waals surface area contributed by atoms with Crippen LogP contribution < -0.4 is 75.3 Å². The van der Waals surface area contributed by atoms with Crippen LogP contribution >= 0.6 is 11.8 Å². The molecule has 1 saturated heterocycles. The van der Waals surface area contributed by atoms with Crippen molar-refractivity contribution < 1.29 is 82.4 Å². The van der Waals surface area contributed by atoms with Gasteiger partial charge >= 0.3 is 0 Å². The number of primary amides is 1. The third-order valence-electron chi connectivity index (χ3n) is 19.4. The summed E-state index contributed by atoms with van der Waals surface area (Å²) in [5, 5.41) is 63.8. The van der Waals surface area contributed by atoms with E-state index in [0.29, 0.717) is 45.1 Å². The van der Waals surface area contributed by atoms with Crippen LogP contribution in [0.5, 0.6) is 11.5 Å². The molecule has 1 aromatic heterocycles. The molecule has 5 aromatic carbocycles. The fourth-order valence-corrected chi connectivity index (χ4v) is 14.0. The van der Waals surface area contributed by atoms with Crippen LogP contribution in [0.4, 0.5) is 0 Å². The van der Waals surface area contributed by atoms with E-state index in [1.165, 1.54) is 55.6 Å². The number of phenolic OH excluding ortho intramolecular Hbond substituents is 2. The Kier molecular flexibility index (Phi) is 36.3. The predicted molar refractivity (Wildman–Crippen MR) is 438 cm³/mol. The predicted octanol–water partition coefficient (Wildman–Crippen LogP) is 0.101. The summed E-state index contributed by atoms with van der Waals surface area (Å²) in [4.78, 5) is 208. The topological polar surface area (TPSA) is 515 Å². The molecule has 7 rings (SSSR count). The monoisotopic (exact) mass is 1630 g/mol.